The molecule has 2 aromatic carbocycles. The molecule has 164 valence electrons. The van der Waals surface area contributed by atoms with Crippen molar-refractivity contribution in [3.8, 4) is 17.2 Å². The van der Waals surface area contributed by atoms with Gasteiger partial charge in [0.15, 0.2) is 17.5 Å². The molecule has 0 fully saturated rings. The Morgan fingerprint density at radius 2 is 2.00 bits per heavy atom. The Hall–Kier alpha value is -3.00. The number of nitrogens with one attached hydrogen (secondary N) is 2. The maximum absolute atomic E-state index is 13.3. The molecule has 7 nitrogen and oxygen atoms in total. The summed E-state index contributed by atoms with van der Waals surface area (Å²) in [5.74, 6) is 1.97. The van der Waals surface area contributed by atoms with Gasteiger partial charge in [0, 0.05) is 12.6 Å². The molecule has 8 heteroatoms. The minimum atomic E-state index is -0.328. The Morgan fingerprint density at radius 3 is 2.70 bits per heavy atom. The van der Waals surface area contributed by atoms with Crippen molar-refractivity contribution < 1.29 is 23.7 Å². The number of nitrogens with zero attached hydrogens (tertiary/aromatic N) is 1. The van der Waals surface area contributed by atoms with E-state index in [0.29, 0.717) is 42.8 Å². The van der Waals surface area contributed by atoms with E-state index in [1.165, 1.54) is 12.1 Å². The van der Waals surface area contributed by atoms with Crippen LogP contribution in [0.4, 0.5) is 4.39 Å². The Kier molecular flexibility index (Phi) is 9.73. The van der Waals surface area contributed by atoms with E-state index in [1.54, 1.807) is 25.3 Å². The highest BCUT2D eigenvalue weighted by molar-refractivity contribution is 5.79. The number of aliphatic hydroxyl groups excluding tert-OH is 1. The van der Waals surface area contributed by atoms with Gasteiger partial charge in [-0.15, -0.1) is 0 Å². The first-order valence-corrected chi connectivity index (χ1v) is 9.90. The molecule has 1 unspecified atom stereocenters. The number of guanidine groups is 1. The highest BCUT2D eigenvalue weighted by Crippen LogP contribution is 2.28. The third-order valence-electron chi connectivity index (χ3n) is 4.03. The predicted octanol–water partition coefficient (Wildman–Crippen LogP) is 2.73. The standard InChI is InChI=1S/C22H30FN3O4/c1-4-24-22(25-14-16(2)30-19-7-5-6-18(23)13-19)26-15-17-8-9-20(29-11-10-27)21(12-17)28-3/h5-9,12-13,16,27H,4,10-11,14-15H2,1-3H3,(H2,24,25,26). The van der Waals surface area contributed by atoms with E-state index in [2.05, 4.69) is 15.6 Å². The number of aliphatic imine (C=N–C) groups is 1. The molecule has 0 aromatic heterocycles. The fourth-order valence-electron chi connectivity index (χ4n) is 2.65. The number of rotatable bonds is 11. The van der Waals surface area contributed by atoms with Crippen LogP contribution < -0.4 is 24.8 Å². The Bertz CT molecular complexity index is 817. The summed E-state index contributed by atoms with van der Waals surface area (Å²) in [6.45, 7) is 5.68. The van der Waals surface area contributed by atoms with E-state index >= 15 is 0 Å². The van der Waals surface area contributed by atoms with Crippen LogP contribution in [-0.4, -0.2) is 50.6 Å². The molecule has 0 bridgehead atoms. The first-order chi connectivity index (χ1) is 14.5. The van der Waals surface area contributed by atoms with Crippen molar-refractivity contribution in [2.75, 3.05) is 33.4 Å². The number of halogens is 1. The van der Waals surface area contributed by atoms with Crippen LogP contribution in [0.1, 0.15) is 19.4 Å². The quantitative estimate of drug-likeness (QED) is 0.384. The monoisotopic (exact) mass is 419 g/mol. The van der Waals surface area contributed by atoms with Gasteiger partial charge in [-0.25, -0.2) is 9.38 Å². The van der Waals surface area contributed by atoms with Crippen LogP contribution in [0.5, 0.6) is 17.2 Å². The Morgan fingerprint density at radius 1 is 1.17 bits per heavy atom. The van der Waals surface area contributed by atoms with Gasteiger partial charge in [-0.2, -0.15) is 0 Å². The SMILES string of the molecule is CCNC(=NCc1ccc(OCCO)c(OC)c1)NCC(C)Oc1cccc(F)c1. The fourth-order valence-corrected chi connectivity index (χ4v) is 2.65. The molecule has 0 aliphatic carbocycles. The smallest absolute Gasteiger partial charge is 0.191 e. The molecule has 1 atom stereocenters. The summed E-state index contributed by atoms with van der Waals surface area (Å²) in [6, 6.07) is 11.6. The summed E-state index contributed by atoms with van der Waals surface area (Å²) in [7, 11) is 1.57. The Balaban J connectivity index is 1.94. The van der Waals surface area contributed by atoms with Gasteiger partial charge in [0.2, 0.25) is 0 Å². The number of hydrogen-bond donors (Lipinski definition) is 3. The molecular formula is C22H30FN3O4. The maximum atomic E-state index is 13.3. The highest BCUT2D eigenvalue weighted by atomic mass is 19.1. The average Bonchev–Trinajstić information content (AvgIpc) is 2.74. The van der Waals surface area contributed by atoms with Crippen LogP contribution in [0.15, 0.2) is 47.5 Å². The largest absolute Gasteiger partial charge is 0.493 e. The first-order valence-electron chi connectivity index (χ1n) is 9.90. The van der Waals surface area contributed by atoms with Crippen molar-refractivity contribution in [1.82, 2.24) is 10.6 Å². The van der Waals surface area contributed by atoms with Crippen LogP contribution in [0.25, 0.3) is 0 Å². The molecule has 0 heterocycles. The third kappa shape index (κ3) is 7.79. The molecule has 0 spiro atoms. The molecule has 0 amide bonds. The predicted molar refractivity (Wildman–Crippen MR) is 115 cm³/mol. The summed E-state index contributed by atoms with van der Waals surface area (Å²) >= 11 is 0. The molecule has 30 heavy (non-hydrogen) atoms. The summed E-state index contributed by atoms with van der Waals surface area (Å²) in [5, 5.41) is 15.3. The Labute approximate surface area is 176 Å². The molecule has 0 aliphatic rings. The molecule has 3 N–H and O–H groups in total. The fraction of sp³-hybridized carbons (Fsp3) is 0.409. The van der Waals surface area contributed by atoms with Crippen LogP contribution in [0.2, 0.25) is 0 Å². The van der Waals surface area contributed by atoms with Gasteiger partial charge < -0.3 is 30.0 Å². The van der Waals surface area contributed by atoms with Crippen molar-refractivity contribution >= 4 is 5.96 Å². The summed E-state index contributed by atoms with van der Waals surface area (Å²) in [6.07, 6.45) is -0.182. The van der Waals surface area contributed by atoms with E-state index in [4.69, 9.17) is 19.3 Å². The second-order valence-corrected chi connectivity index (χ2v) is 6.52. The number of benzene rings is 2. The summed E-state index contributed by atoms with van der Waals surface area (Å²) < 4.78 is 29.8. The number of ether oxygens (including phenoxy) is 3. The van der Waals surface area contributed by atoms with E-state index in [1.807, 2.05) is 26.0 Å². The normalized spacial score (nSPS) is 12.2. The zero-order chi connectivity index (χ0) is 21.8. The van der Waals surface area contributed by atoms with Crippen molar-refractivity contribution in [1.29, 1.82) is 0 Å². The molecule has 2 rings (SSSR count). The lowest BCUT2D eigenvalue weighted by atomic mass is 10.2. The third-order valence-corrected chi connectivity index (χ3v) is 4.03. The van der Waals surface area contributed by atoms with Crippen molar-refractivity contribution in [3.05, 3.63) is 53.8 Å². The lowest BCUT2D eigenvalue weighted by Gasteiger charge is -2.18. The minimum Gasteiger partial charge on any atom is -0.493 e. The lowest BCUT2D eigenvalue weighted by molar-refractivity contribution is 0.196. The van der Waals surface area contributed by atoms with E-state index in [-0.39, 0.29) is 25.1 Å². The van der Waals surface area contributed by atoms with Crippen LogP contribution in [0, 0.1) is 5.82 Å². The number of aliphatic hydroxyl groups is 1. The minimum absolute atomic E-state index is 0.0612. The van der Waals surface area contributed by atoms with Gasteiger partial charge in [-0.05, 0) is 43.7 Å². The summed E-state index contributed by atoms with van der Waals surface area (Å²) in [4.78, 5) is 4.59. The van der Waals surface area contributed by atoms with Crippen molar-refractivity contribution in [2.24, 2.45) is 4.99 Å². The van der Waals surface area contributed by atoms with Gasteiger partial charge in [0.1, 0.15) is 24.3 Å². The van der Waals surface area contributed by atoms with Crippen LogP contribution in [0.3, 0.4) is 0 Å². The zero-order valence-corrected chi connectivity index (χ0v) is 17.7. The molecule has 0 saturated carbocycles. The molecular weight excluding hydrogens is 389 g/mol. The lowest BCUT2D eigenvalue weighted by Crippen LogP contribution is -2.41. The van der Waals surface area contributed by atoms with Crippen molar-refractivity contribution in [3.63, 3.8) is 0 Å². The van der Waals surface area contributed by atoms with Gasteiger partial charge in [0.25, 0.3) is 0 Å². The molecule has 0 aliphatic heterocycles. The average molecular weight is 419 g/mol. The van der Waals surface area contributed by atoms with Gasteiger partial charge in [0.05, 0.1) is 26.8 Å². The van der Waals surface area contributed by atoms with Crippen LogP contribution >= 0.6 is 0 Å². The topological polar surface area (TPSA) is 84.3 Å². The van der Waals surface area contributed by atoms with Gasteiger partial charge in [-0.3, -0.25) is 0 Å². The van der Waals surface area contributed by atoms with Crippen molar-refractivity contribution in [2.45, 2.75) is 26.5 Å². The molecule has 0 radical (unpaired) electrons. The van der Waals surface area contributed by atoms with E-state index < -0.39 is 0 Å². The second-order valence-electron chi connectivity index (χ2n) is 6.52. The molecule has 2 aromatic rings. The number of methoxy groups -OCH3 is 1. The second kappa shape index (κ2) is 12.5. The highest BCUT2D eigenvalue weighted by Gasteiger charge is 2.08. The zero-order valence-electron chi connectivity index (χ0n) is 17.7. The van der Waals surface area contributed by atoms with Gasteiger partial charge in [-0.1, -0.05) is 12.1 Å². The molecule has 0 saturated heterocycles. The van der Waals surface area contributed by atoms with Crippen LogP contribution in [-0.2, 0) is 6.54 Å². The number of hydrogen-bond acceptors (Lipinski definition) is 5. The summed E-state index contributed by atoms with van der Waals surface area (Å²) in [5.41, 5.74) is 0.949. The van der Waals surface area contributed by atoms with Gasteiger partial charge >= 0.3 is 0 Å². The van der Waals surface area contributed by atoms with E-state index in [9.17, 15) is 4.39 Å². The van der Waals surface area contributed by atoms with E-state index in [0.717, 1.165) is 5.56 Å². The maximum Gasteiger partial charge on any atom is 0.191 e. The first kappa shape index (κ1) is 23.3.